The van der Waals surface area contributed by atoms with Gasteiger partial charge in [0.2, 0.25) is 5.95 Å². The highest BCUT2D eigenvalue weighted by atomic mass is 19.3. The number of piperidine rings is 1. The van der Waals surface area contributed by atoms with E-state index in [4.69, 9.17) is 4.74 Å². The normalized spacial score (nSPS) is 15.0. The smallest absolute Gasteiger partial charge is 0.387 e. The van der Waals surface area contributed by atoms with E-state index in [1.807, 2.05) is 0 Å². The van der Waals surface area contributed by atoms with Gasteiger partial charge in [0, 0.05) is 18.5 Å². The number of aromatic nitrogens is 3. The molecule has 27 heavy (non-hydrogen) atoms. The molecule has 1 saturated heterocycles. The average Bonchev–Trinajstić information content (AvgIpc) is 3.02. The van der Waals surface area contributed by atoms with Gasteiger partial charge in [-0.15, -0.1) is 0 Å². The van der Waals surface area contributed by atoms with Gasteiger partial charge in [0.25, 0.3) is 5.91 Å². The van der Waals surface area contributed by atoms with Crippen LogP contribution in [0.1, 0.15) is 34.9 Å². The summed E-state index contributed by atoms with van der Waals surface area (Å²) in [5.41, 5.74) is 0.222. The minimum Gasteiger partial charge on any atom is -0.493 e. The van der Waals surface area contributed by atoms with E-state index < -0.39 is 12.5 Å². The molecule has 0 atom stereocenters. The molecule has 1 aromatic carbocycles. The number of nitrogens with zero attached hydrogens (tertiary/aromatic N) is 3. The number of amides is 1. The van der Waals surface area contributed by atoms with Crippen LogP contribution in [0.5, 0.6) is 11.5 Å². The van der Waals surface area contributed by atoms with Crippen LogP contribution in [-0.4, -0.2) is 47.5 Å². The summed E-state index contributed by atoms with van der Waals surface area (Å²) in [6, 6.07) is 3.97. The minimum atomic E-state index is -2.98. The third-order valence-electron chi connectivity index (χ3n) is 4.35. The number of halogens is 2. The van der Waals surface area contributed by atoms with Crippen molar-refractivity contribution in [3.63, 3.8) is 0 Å². The second kappa shape index (κ2) is 8.30. The molecule has 1 aliphatic heterocycles. The van der Waals surface area contributed by atoms with Gasteiger partial charge in [0.05, 0.1) is 7.11 Å². The second-order valence-electron chi connectivity index (χ2n) is 6.14. The number of hydrogen-bond donors (Lipinski definition) is 2. The van der Waals surface area contributed by atoms with E-state index in [1.54, 1.807) is 7.05 Å². The Morgan fingerprint density at radius 1 is 1.33 bits per heavy atom. The summed E-state index contributed by atoms with van der Waals surface area (Å²) in [5, 5.41) is 10.4. The standard InChI is InChI=1S/C17H21F2N5O3/c1-24-17(21-14(23-24)10-5-7-20-8-6-10)22-15(25)11-3-4-12(27-16(18)19)13(9-11)26-2/h3-4,9-10,16,20H,5-8H2,1-2H3,(H,21,22,23,25). The Hall–Kier alpha value is -2.75. The van der Waals surface area contributed by atoms with Gasteiger partial charge in [0.15, 0.2) is 17.3 Å². The summed E-state index contributed by atoms with van der Waals surface area (Å²) in [6.45, 7) is -1.15. The van der Waals surface area contributed by atoms with Gasteiger partial charge in [0.1, 0.15) is 0 Å². The lowest BCUT2D eigenvalue weighted by Crippen LogP contribution is -2.27. The summed E-state index contributed by atoms with van der Waals surface area (Å²) < 4.78 is 35.7. The van der Waals surface area contributed by atoms with Crippen molar-refractivity contribution in [2.75, 3.05) is 25.5 Å². The number of nitrogens with one attached hydrogen (secondary N) is 2. The topological polar surface area (TPSA) is 90.3 Å². The van der Waals surface area contributed by atoms with Crippen molar-refractivity contribution in [2.45, 2.75) is 25.4 Å². The molecule has 1 amide bonds. The lowest BCUT2D eigenvalue weighted by atomic mass is 9.98. The zero-order valence-corrected chi connectivity index (χ0v) is 15.0. The van der Waals surface area contributed by atoms with Crippen molar-refractivity contribution < 1.29 is 23.0 Å². The Kier molecular flexibility index (Phi) is 5.84. The van der Waals surface area contributed by atoms with Crippen LogP contribution in [0.4, 0.5) is 14.7 Å². The highest BCUT2D eigenvalue weighted by molar-refractivity contribution is 6.03. The molecule has 8 nitrogen and oxygen atoms in total. The van der Waals surface area contributed by atoms with Crippen molar-refractivity contribution in [2.24, 2.45) is 7.05 Å². The molecule has 0 spiro atoms. The van der Waals surface area contributed by atoms with E-state index in [0.29, 0.717) is 11.8 Å². The predicted octanol–water partition coefficient (Wildman–Crippen LogP) is 2.14. The van der Waals surface area contributed by atoms with Gasteiger partial charge in [-0.3, -0.25) is 10.1 Å². The number of aryl methyl sites for hydroxylation is 1. The molecular formula is C17H21F2N5O3. The highest BCUT2D eigenvalue weighted by Crippen LogP contribution is 2.30. The van der Waals surface area contributed by atoms with Crippen LogP contribution >= 0.6 is 0 Å². The van der Waals surface area contributed by atoms with Crippen molar-refractivity contribution in [1.82, 2.24) is 20.1 Å². The number of anilines is 1. The van der Waals surface area contributed by atoms with E-state index >= 15 is 0 Å². The van der Waals surface area contributed by atoms with Crippen molar-refractivity contribution in [3.05, 3.63) is 29.6 Å². The monoisotopic (exact) mass is 381 g/mol. The highest BCUT2D eigenvalue weighted by Gasteiger charge is 2.22. The Morgan fingerprint density at radius 2 is 2.07 bits per heavy atom. The van der Waals surface area contributed by atoms with Crippen LogP contribution in [-0.2, 0) is 7.05 Å². The molecule has 2 aromatic rings. The number of rotatable bonds is 6. The number of methoxy groups -OCH3 is 1. The lowest BCUT2D eigenvalue weighted by molar-refractivity contribution is -0.0512. The molecule has 0 unspecified atom stereocenters. The Morgan fingerprint density at radius 3 is 2.74 bits per heavy atom. The molecule has 1 fully saturated rings. The zero-order valence-electron chi connectivity index (χ0n) is 15.0. The number of alkyl halides is 2. The van der Waals surface area contributed by atoms with Crippen LogP contribution in [0.25, 0.3) is 0 Å². The number of carbonyl (C=O) groups excluding carboxylic acids is 1. The number of ether oxygens (including phenoxy) is 2. The number of benzene rings is 1. The first-order valence-electron chi connectivity index (χ1n) is 8.53. The lowest BCUT2D eigenvalue weighted by Gasteiger charge is -2.19. The van der Waals surface area contributed by atoms with Crippen LogP contribution in [0, 0.1) is 0 Å². The maximum absolute atomic E-state index is 12.5. The van der Waals surface area contributed by atoms with Crippen LogP contribution in [0.3, 0.4) is 0 Å². The van der Waals surface area contributed by atoms with Gasteiger partial charge in [-0.25, -0.2) is 4.68 Å². The first-order valence-corrected chi connectivity index (χ1v) is 8.53. The largest absolute Gasteiger partial charge is 0.493 e. The van der Waals surface area contributed by atoms with Crippen molar-refractivity contribution >= 4 is 11.9 Å². The van der Waals surface area contributed by atoms with E-state index in [1.165, 1.54) is 30.0 Å². The van der Waals surface area contributed by atoms with Crippen molar-refractivity contribution in [3.8, 4) is 11.5 Å². The van der Waals surface area contributed by atoms with Gasteiger partial charge in [-0.2, -0.15) is 18.9 Å². The van der Waals surface area contributed by atoms with Crippen LogP contribution < -0.4 is 20.1 Å². The van der Waals surface area contributed by atoms with E-state index in [9.17, 15) is 13.6 Å². The predicted molar refractivity (Wildman–Crippen MR) is 93.4 cm³/mol. The average molecular weight is 381 g/mol. The van der Waals surface area contributed by atoms with E-state index in [-0.39, 0.29) is 23.0 Å². The Bertz CT molecular complexity index is 806. The summed E-state index contributed by atoms with van der Waals surface area (Å²) >= 11 is 0. The Labute approximate surface area is 154 Å². The first kappa shape index (κ1) is 19.0. The molecule has 1 aliphatic rings. The number of carbonyl (C=O) groups is 1. The molecule has 10 heteroatoms. The second-order valence-corrected chi connectivity index (χ2v) is 6.14. The quantitative estimate of drug-likeness (QED) is 0.797. The maximum Gasteiger partial charge on any atom is 0.387 e. The fourth-order valence-electron chi connectivity index (χ4n) is 2.94. The van der Waals surface area contributed by atoms with Crippen LogP contribution in [0.15, 0.2) is 18.2 Å². The fraction of sp³-hybridized carbons (Fsp3) is 0.471. The van der Waals surface area contributed by atoms with E-state index in [0.717, 1.165) is 25.9 Å². The third-order valence-corrected chi connectivity index (χ3v) is 4.35. The summed E-state index contributed by atoms with van der Waals surface area (Å²) in [5.74, 6) is 0.721. The number of hydrogen-bond acceptors (Lipinski definition) is 6. The first-order chi connectivity index (χ1) is 13.0. The molecule has 1 aromatic heterocycles. The molecule has 0 aliphatic carbocycles. The zero-order chi connectivity index (χ0) is 19.4. The summed E-state index contributed by atoms with van der Waals surface area (Å²) in [6.07, 6.45) is 1.89. The molecule has 0 bridgehead atoms. The van der Waals surface area contributed by atoms with Gasteiger partial charge in [-0.1, -0.05) is 0 Å². The molecule has 3 rings (SSSR count). The van der Waals surface area contributed by atoms with E-state index in [2.05, 4.69) is 25.5 Å². The molecular weight excluding hydrogens is 360 g/mol. The molecule has 2 N–H and O–H groups in total. The molecule has 0 radical (unpaired) electrons. The maximum atomic E-state index is 12.5. The summed E-state index contributed by atoms with van der Waals surface area (Å²) in [4.78, 5) is 16.9. The molecule has 2 heterocycles. The van der Waals surface area contributed by atoms with Crippen LogP contribution in [0.2, 0.25) is 0 Å². The summed E-state index contributed by atoms with van der Waals surface area (Å²) in [7, 11) is 3.01. The fourth-order valence-corrected chi connectivity index (χ4v) is 2.94. The van der Waals surface area contributed by atoms with Crippen molar-refractivity contribution in [1.29, 1.82) is 0 Å². The van der Waals surface area contributed by atoms with Gasteiger partial charge >= 0.3 is 6.61 Å². The van der Waals surface area contributed by atoms with Gasteiger partial charge in [-0.05, 0) is 44.1 Å². The minimum absolute atomic E-state index is 0.0382. The SMILES string of the molecule is COc1cc(C(=O)Nc2nc(C3CCNCC3)nn2C)ccc1OC(F)F. The third kappa shape index (κ3) is 4.51. The molecule has 146 valence electrons. The Balaban J connectivity index is 1.74. The molecule has 0 saturated carbocycles. The van der Waals surface area contributed by atoms with Gasteiger partial charge < -0.3 is 14.8 Å².